The molecule has 0 aliphatic carbocycles. The second-order valence-corrected chi connectivity index (χ2v) is 7.33. The molecule has 2 heterocycles. The lowest BCUT2D eigenvalue weighted by Gasteiger charge is -2.31. The minimum atomic E-state index is -0.842. The van der Waals surface area contributed by atoms with Gasteiger partial charge >= 0.3 is 0 Å². The van der Waals surface area contributed by atoms with Crippen LogP contribution in [0.2, 0.25) is 0 Å². The Kier molecular flexibility index (Phi) is 4.46. The third kappa shape index (κ3) is 3.77. The molecule has 0 radical (unpaired) electrons. The van der Waals surface area contributed by atoms with Crippen molar-refractivity contribution >= 4 is 17.2 Å². The summed E-state index contributed by atoms with van der Waals surface area (Å²) in [5, 5.41) is 14.0. The number of carbonyl (C=O) groups is 1. The predicted octanol–water partition coefficient (Wildman–Crippen LogP) is 1.71. The van der Waals surface area contributed by atoms with Gasteiger partial charge in [0.25, 0.3) is 5.91 Å². The van der Waals surface area contributed by atoms with Crippen LogP contribution in [-0.4, -0.2) is 41.4 Å². The molecule has 2 N–H and O–H groups in total. The number of carbonyl (C=O) groups excluding carboxylic acids is 1. The fourth-order valence-electron chi connectivity index (χ4n) is 1.99. The van der Waals surface area contributed by atoms with Crippen LogP contribution in [0.1, 0.15) is 48.3 Å². The lowest BCUT2D eigenvalue weighted by atomic mass is 9.94. The van der Waals surface area contributed by atoms with E-state index in [1.807, 2.05) is 0 Å². The standard InChI is InChI=1S/C14H22N2O3S/c1-13(2,3)12-15-8-10(20-12)11(17)16-9-14(18)4-6-19-7-5-14/h8,18H,4-7,9H2,1-3H3,(H,16,17). The summed E-state index contributed by atoms with van der Waals surface area (Å²) in [6.07, 6.45) is 2.72. The summed E-state index contributed by atoms with van der Waals surface area (Å²) < 4.78 is 5.22. The molecule has 0 unspecified atom stereocenters. The van der Waals surface area contributed by atoms with Crippen molar-refractivity contribution in [1.82, 2.24) is 10.3 Å². The summed E-state index contributed by atoms with van der Waals surface area (Å²) in [4.78, 5) is 17.0. The van der Waals surface area contributed by atoms with Crippen LogP contribution < -0.4 is 5.32 Å². The first-order chi connectivity index (χ1) is 9.30. The number of amides is 1. The van der Waals surface area contributed by atoms with Gasteiger partial charge in [0, 0.05) is 38.0 Å². The zero-order chi connectivity index (χ0) is 14.8. The van der Waals surface area contributed by atoms with Crippen LogP contribution in [0.5, 0.6) is 0 Å². The van der Waals surface area contributed by atoms with Gasteiger partial charge in [0.05, 0.1) is 16.8 Å². The molecule has 1 aromatic heterocycles. The second-order valence-electron chi connectivity index (χ2n) is 6.30. The number of hydrogen-bond acceptors (Lipinski definition) is 5. The van der Waals surface area contributed by atoms with Crippen molar-refractivity contribution in [3.8, 4) is 0 Å². The van der Waals surface area contributed by atoms with Crippen molar-refractivity contribution in [2.45, 2.75) is 44.6 Å². The van der Waals surface area contributed by atoms with Crippen molar-refractivity contribution in [1.29, 1.82) is 0 Å². The van der Waals surface area contributed by atoms with Crippen molar-refractivity contribution in [2.24, 2.45) is 0 Å². The molecule has 0 saturated carbocycles. The zero-order valence-corrected chi connectivity index (χ0v) is 13.0. The molecule has 1 aliphatic heterocycles. The molecule has 1 saturated heterocycles. The summed E-state index contributed by atoms with van der Waals surface area (Å²) in [5.74, 6) is -0.169. The van der Waals surface area contributed by atoms with Crippen molar-refractivity contribution in [2.75, 3.05) is 19.8 Å². The van der Waals surface area contributed by atoms with E-state index in [2.05, 4.69) is 31.1 Å². The van der Waals surface area contributed by atoms with E-state index in [1.54, 1.807) is 6.20 Å². The third-order valence-electron chi connectivity index (χ3n) is 3.37. The molecule has 0 atom stereocenters. The fourth-order valence-corrected chi connectivity index (χ4v) is 2.88. The largest absolute Gasteiger partial charge is 0.388 e. The van der Waals surface area contributed by atoms with Crippen LogP contribution in [0.4, 0.5) is 0 Å². The molecule has 1 aliphatic rings. The molecule has 112 valence electrons. The predicted molar refractivity (Wildman–Crippen MR) is 78.2 cm³/mol. The molecule has 5 nitrogen and oxygen atoms in total. The van der Waals surface area contributed by atoms with E-state index >= 15 is 0 Å². The Morgan fingerprint density at radius 1 is 1.50 bits per heavy atom. The first kappa shape index (κ1) is 15.4. The molecule has 0 bridgehead atoms. The maximum absolute atomic E-state index is 12.1. The van der Waals surface area contributed by atoms with Gasteiger partial charge in [0.2, 0.25) is 0 Å². The zero-order valence-electron chi connectivity index (χ0n) is 12.2. The van der Waals surface area contributed by atoms with E-state index in [1.165, 1.54) is 11.3 Å². The summed E-state index contributed by atoms with van der Waals surface area (Å²) in [7, 11) is 0. The molecular formula is C14H22N2O3S. The molecular weight excluding hydrogens is 276 g/mol. The highest BCUT2D eigenvalue weighted by Crippen LogP contribution is 2.27. The van der Waals surface area contributed by atoms with Gasteiger partial charge in [-0.25, -0.2) is 4.98 Å². The molecule has 6 heteroatoms. The van der Waals surface area contributed by atoms with Crippen molar-refractivity contribution < 1.29 is 14.6 Å². The Morgan fingerprint density at radius 3 is 2.70 bits per heavy atom. The van der Waals surface area contributed by atoms with Gasteiger partial charge < -0.3 is 15.2 Å². The van der Waals surface area contributed by atoms with Crippen molar-refractivity contribution in [3.63, 3.8) is 0 Å². The topological polar surface area (TPSA) is 71.5 Å². The van der Waals surface area contributed by atoms with Gasteiger partial charge in [-0.3, -0.25) is 4.79 Å². The Hall–Kier alpha value is -0.980. The van der Waals surface area contributed by atoms with Crippen LogP contribution in [0.15, 0.2) is 6.20 Å². The maximum atomic E-state index is 12.1. The number of nitrogens with zero attached hydrogens (tertiary/aromatic N) is 1. The van der Waals surface area contributed by atoms with Crippen LogP contribution >= 0.6 is 11.3 Å². The maximum Gasteiger partial charge on any atom is 0.263 e. The Morgan fingerprint density at radius 2 is 2.15 bits per heavy atom. The first-order valence-electron chi connectivity index (χ1n) is 6.85. The quantitative estimate of drug-likeness (QED) is 0.891. The average Bonchev–Trinajstić information content (AvgIpc) is 2.86. The molecule has 1 fully saturated rings. The minimum absolute atomic E-state index is 0.0535. The van der Waals surface area contributed by atoms with Crippen LogP contribution in [0.3, 0.4) is 0 Å². The van der Waals surface area contributed by atoms with Gasteiger partial charge in [0.1, 0.15) is 4.88 Å². The summed E-state index contributed by atoms with van der Waals surface area (Å²) in [5.41, 5.74) is -0.895. The number of rotatable bonds is 3. The molecule has 1 aromatic rings. The van der Waals surface area contributed by atoms with E-state index in [0.29, 0.717) is 30.9 Å². The highest BCUT2D eigenvalue weighted by Gasteiger charge is 2.30. The summed E-state index contributed by atoms with van der Waals surface area (Å²) in [6.45, 7) is 7.55. The van der Waals surface area contributed by atoms with Crippen LogP contribution in [-0.2, 0) is 10.2 Å². The highest BCUT2D eigenvalue weighted by atomic mass is 32.1. The van der Waals surface area contributed by atoms with Gasteiger partial charge in [-0.15, -0.1) is 11.3 Å². The van der Waals surface area contributed by atoms with E-state index in [9.17, 15) is 9.90 Å². The van der Waals surface area contributed by atoms with E-state index in [0.717, 1.165) is 5.01 Å². The lowest BCUT2D eigenvalue weighted by molar-refractivity contribution is -0.0605. The smallest absolute Gasteiger partial charge is 0.263 e. The average molecular weight is 298 g/mol. The SMILES string of the molecule is CC(C)(C)c1ncc(C(=O)NCC2(O)CCOCC2)s1. The molecule has 0 aromatic carbocycles. The number of hydrogen-bond donors (Lipinski definition) is 2. The van der Waals surface area contributed by atoms with Crippen LogP contribution in [0, 0.1) is 0 Å². The van der Waals surface area contributed by atoms with Gasteiger partial charge in [-0.05, 0) is 0 Å². The number of nitrogens with one attached hydrogen (secondary N) is 1. The first-order valence-corrected chi connectivity index (χ1v) is 7.66. The van der Waals surface area contributed by atoms with E-state index in [4.69, 9.17) is 4.74 Å². The molecule has 0 spiro atoms. The number of aromatic nitrogens is 1. The summed E-state index contributed by atoms with van der Waals surface area (Å²) >= 11 is 1.40. The molecule has 2 rings (SSSR count). The fraction of sp³-hybridized carbons (Fsp3) is 0.714. The van der Waals surface area contributed by atoms with Crippen molar-refractivity contribution in [3.05, 3.63) is 16.1 Å². The summed E-state index contributed by atoms with van der Waals surface area (Å²) in [6, 6.07) is 0. The number of thiazole rings is 1. The van der Waals surface area contributed by atoms with Crippen LogP contribution in [0.25, 0.3) is 0 Å². The number of aliphatic hydroxyl groups is 1. The second kappa shape index (κ2) is 5.79. The molecule has 20 heavy (non-hydrogen) atoms. The lowest BCUT2D eigenvalue weighted by Crippen LogP contribution is -2.46. The number of ether oxygens (including phenoxy) is 1. The van der Waals surface area contributed by atoms with E-state index in [-0.39, 0.29) is 17.9 Å². The van der Waals surface area contributed by atoms with Gasteiger partial charge in [-0.1, -0.05) is 20.8 Å². The monoisotopic (exact) mass is 298 g/mol. The normalized spacial score (nSPS) is 18.8. The molecule has 1 amide bonds. The Bertz CT molecular complexity index is 473. The van der Waals surface area contributed by atoms with Gasteiger partial charge in [0.15, 0.2) is 0 Å². The minimum Gasteiger partial charge on any atom is -0.388 e. The van der Waals surface area contributed by atoms with E-state index < -0.39 is 5.60 Å². The third-order valence-corrected chi connectivity index (χ3v) is 4.79. The highest BCUT2D eigenvalue weighted by molar-refractivity contribution is 7.13. The van der Waals surface area contributed by atoms with Gasteiger partial charge in [-0.2, -0.15) is 0 Å². The Labute approximate surface area is 123 Å². The Balaban J connectivity index is 1.93.